The first kappa shape index (κ1) is 25.6. The number of dihydropyridines is 1. The fourth-order valence-corrected chi connectivity index (χ4v) is 5.58. The number of hydrogen-bond acceptors (Lipinski definition) is 6. The zero-order valence-electron chi connectivity index (χ0n) is 20.2. The Kier molecular flexibility index (Phi) is 8.39. The van der Waals surface area contributed by atoms with Gasteiger partial charge >= 0.3 is 5.97 Å². The van der Waals surface area contributed by atoms with Crippen LogP contribution < -0.4 is 10.1 Å². The van der Waals surface area contributed by atoms with E-state index in [4.69, 9.17) is 9.47 Å². The number of benzene rings is 2. The Morgan fingerprint density at radius 2 is 1.77 bits per heavy atom. The van der Waals surface area contributed by atoms with Gasteiger partial charge in [0, 0.05) is 39.5 Å². The zero-order chi connectivity index (χ0) is 24.9. The van der Waals surface area contributed by atoms with Gasteiger partial charge in [-0.1, -0.05) is 47.1 Å². The van der Waals surface area contributed by atoms with Crippen LogP contribution in [-0.4, -0.2) is 37.0 Å². The Morgan fingerprint density at radius 1 is 1.09 bits per heavy atom. The molecule has 35 heavy (non-hydrogen) atoms. The van der Waals surface area contributed by atoms with Gasteiger partial charge in [0.25, 0.3) is 0 Å². The second kappa shape index (κ2) is 11.5. The van der Waals surface area contributed by atoms with E-state index in [2.05, 4.69) is 28.2 Å². The zero-order valence-corrected chi connectivity index (χ0v) is 22.6. The highest BCUT2D eigenvalue weighted by Crippen LogP contribution is 2.46. The van der Waals surface area contributed by atoms with E-state index in [1.165, 1.54) is 0 Å². The normalized spacial score (nSPS) is 19.8. The molecular weight excluding hydrogens is 526 g/mol. The smallest absolute Gasteiger partial charge is 0.336 e. The van der Waals surface area contributed by atoms with Gasteiger partial charge in [-0.3, -0.25) is 4.79 Å². The largest absolute Gasteiger partial charge is 0.497 e. The van der Waals surface area contributed by atoms with Crippen molar-refractivity contribution in [3.8, 4) is 5.75 Å². The number of methoxy groups -OCH3 is 1. The van der Waals surface area contributed by atoms with E-state index in [-0.39, 0.29) is 17.7 Å². The minimum absolute atomic E-state index is 0.0619. The molecule has 2 aromatic rings. The maximum absolute atomic E-state index is 13.7. The Morgan fingerprint density at radius 3 is 2.43 bits per heavy atom. The van der Waals surface area contributed by atoms with E-state index in [0.717, 1.165) is 44.2 Å². The van der Waals surface area contributed by atoms with Gasteiger partial charge in [-0.2, -0.15) is 11.8 Å². The summed E-state index contributed by atoms with van der Waals surface area (Å²) < 4.78 is 11.9. The van der Waals surface area contributed by atoms with E-state index in [9.17, 15) is 9.59 Å². The fourth-order valence-electron chi connectivity index (χ4n) is 4.83. The Balaban J connectivity index is 1.69. The minimum Gasteiger partial charge on any atom is -0.497 e. The Hall–Kier alpha value is -2.51. The lowest BCUT2D eigenvalue weighted by atomic mass is 9.72. The fraction of sp³-hybridized carbons (Fsp3) is 0.357. The number of Topliss-reactive ketones (excluding diaryl/α,β-unsaturated/α-hetero) is 1. The SMILES string of the molecule is CCSCCOC(=O)C1=C(C)NC2=C(C(=O)C[C@@H](c3ccc(OC)cc3)C2)[C@H]1c1ccc(Br)cc1. The van der Waals surface area contributed by atoms with Crippen LogP contribution in [0.4, 0.5) is 0 Å². The van der Waals surface area contributed by atoms with E-state index in [1.807, 2.05) is 55.5 Å². The highest BCUT2D eigenvalue weighted by molar-refractivity contribution is 9.10. The summed E-state index contributed by atoms with van der Waals surface area (Å²) in [5.41, 5.74) is 4.85. The molecule has 4 rings (SSSR count). The van der Waals surface area contributed by atoms with Crippen molar-refractivity contribution in [2.75, 3.05) is 25.2 Å². The topological polar surface area (TPSA) is 64.6 Å². The van der Waals surface area contributed by atoms with Crippen LogP contribution in [0.15, 0.2) is 75.5 Å². The molecule has 0 spiro atoms. The van der Waals surface area contributed by atoms with Crippen LogP contribution in [0.5, 0.6) is 5.75 Å². The number of ketones is 1. The maximum atomic E-state index is 13.7. The summed E-state index contributed by atoms with van der Waals surface area (Å²) in [6.07, 6.45) is 1.10. The quantitative estimate of drug-likeness (QED) is 0.313. The average Bonchev–Trinajstić information content (AvgIpc) is 2.86. The number of hydrogen-bond donors (Lipinski definition) is 1. The van der Waals surface area contributed by atoms with Crippen molar-refractivity contribution in [1.82, 2.24) is 5.32 Å². The number of halogens is 1. The number of carbonyl (C=O) groups is 2. The minimum atomic E-state index is -0.449. The van der Waals surface area contributed by atoms with Crippen LogP contribution in [0, 0.1) is 0 Å². The summed E-state index contributed by atoms with van der Waals surface area (Å²) in [6.45, 7) is 4.32. The molecule has 1 aliphatic carbocycles. The first-order chi connectivity index (χ1) is 16.9. The van der Waals surface area contributed by atoms with E-state index in [1.54, 1.807) is 18.9 Å². The third-order valence-corrected chi connectivity index (χ3v) is 7.90. The Bertz CT molecular complexity index is 1150. The Labute approximate surface area is 219 Å². The van der Waals surface area contributed by atoms with Gasteiger partial charge < -0.3 is 14.8 Å². The number of carbonyl (C=O) groups excluding carboxylic acids is 2. The summed E-state index contributed by atoms with van der Waals surface area (Å²) in [6, 6.07) is 15.7. The third-order valence-electron chi connectivity index (χ3n) is 6.50. The van der Waals surface area contributed by atoms with Crippen LogP contribution in [0.1, 0.15) is 49.7 Å². The van der Waals surface area contributed by atoms with Crippen LogP contribution in [0.3, 0.4) is 0 Å². The van der Waals surface area contributed by atoms with Crippen molar-refractivity contribution in [1.29, 1.82) is 0 Å². The van der Waals surface area contributed by atoms with Gasteiger partial charge in [0.15, 0.2) is 5.78 Å². The summed E-state index contributed by atoms with van der Waals surface area (Å²) >= 11 is 5.22. The number of nitrogens with one attached hydrogen (secondary N) is 1. The lowest BCUT2D eigenvalue weighted by molar-refractivity contribution is -0.138. The molecule has 1 heterocycles. The number of ether oxygens (including phenoxy) is 2. The molecule has 0 fully saturated rings. The molecule has 2 aliphatic rings. The van der Waals surface area contributed by atoms with E-state index in [0.29, 0.717) is 30.6 Å². The molecule has 0 amide bonds. The van der Waals surface area contributed by atoms with Gasteiger partial charge in [-0.15, -0.1) is 0 Å². The van der Waals surface area contributed by atoms with Crippen molar-refractivity contribution >= 4 is 39.4 Å². The van der Waals surface area contributed by atoms with E-state index < -0.39 is 5.92 Å². The van der Waals surface area contributed by atoms with Gasteiger partial charge in [0.05, 0.1) is 12.7 Å². The van der Waals surface area contributed by atoms with Crippen molar-refractivity contribution < 1.29 is 19.1 Å². The van der Waals surface area contributed by atoms with Crippen molar-refractivity contribution in [2.45, 2.75) is 38.5 Å². The summed E-state index contributed by atoms with van der Waals surface area (Å²) in [4.78, 5) is 26.9. The molecule has 2 aromatic carbocycles. The van der Waals surface area contributed by atoms with Gasteiger partial charge in [0.2, 0.25) is 0 Å². The monoisotopic (exact) mass is 555 g/mol. The lowest BCUT2D eigenvalue weighted by Gasteiger charge is -2.36. The molecule has 0 saturated heterocycles. The predicted molar refractivity (Wildman–Crippen MR) is 144 cm³/mol. The first-order valence-corrected chi connectivity index (χ1v) is 13.8. The highest BCUT2D eigenvalue weighted by Gasteiger charge is 2.41. The standard InChI is InChI=1S/C28H30BrNO4S/c1-4-35-14-13-34-28(32)25-17(2)30-23-15-20(18-7-11-22(33-3)12-8-18)16-24(31)27(23)26(25)19-5-9-21(29)10-6-19/h5-12,20,26,30H,4,13-16H2,1-3H3/t20-,26-/m0/s1. The molecule has 7 heteroatoms. The first-order valence-electron chi connectivity index (χ1n) is 11.8. The van der Waals surface area contributed by atoms with Crippen molar-refractivity contribution in [2.24, 2.45) is 0 Å². The molecule has 0 radical (unpaired) electrons. The van der Waals surface area contributed by atoms with Crippen LogP contribution >= 0.6 is 27.7 Å². The van der Waals surface area contributed by atoms with Gasteiger partial charge in [0.1, 0.15) is 12.4 Å². The van der Waals surface area contributed by atoms with Gasteiger partial charge in [-0.25, -0.2) is 4.79 Å². The van der Waals surface area contributed by atoms with Crippen molar-refractivity contribution in [3.63, 3.8) is 0 Å². The molecule has 1 N–H and O–H groups in total. The number of esters is 1. The number of allylic oxidation sites excluding steroid dienone is 3. The van der Waals surface area contributed by atoms with Crippen LogP contribution in [0.25, 0.3) is 0 Å². The predicted octanol–water partition coefficient (Wildman–Crippen LogP) is 6.12. The molecule has 0 bridgehead atoms. The highest BCUT2D eigenvalue weighted by atomic mass is 79.9. The molecule has 184 valence electrons. The second-order valence-electron chi connectivity index (χ2n) is 8.67. The summed E-state index contributed by atoms with van der Waals surface area (Å²) in [5.74, 6) is 1.83. The molecule has 1 aliphatic heterocycles. The van der Waals surface area contributed by atoms with Crippen molar-refractivity contribution in [3.05, 3.63) is 86.7 Å². The molecule has 2 atom stereocenters. The third kappa shape index (κ3) is 5.67. The lowest BCUT2D eigenvalue weighted by Crippen LogP contribution is -2.36. The maximum Gasteiger partial charge on any atom is 0.336 e. The molecule has 0 saturated carbocycles. The van der Waals surface area contributed by atoms with Gasteiger partial charge in [-0.05, 0) is 60.4 Å². The average molecular weight is 557 g/mol. The van der Waals surface area contributed by atoms with Crippen LogP contribution in [-0.2, 0) is 14.3 Å². The number of thioether (sulfide) groups is 1. The van der Waals surface area contributed by atoms with Crippen LogP contribution in [0.2, 0.25) is 0 Å². The summed E-state index contributed by atoms with van der Waals surface area (Å²) in [7, 11) is 1.64. The molecule has 0 aromatic heterocycles. The van der Waals surface area contributed by atoms with E-state index >= 15 is 0 Å². The molecule has 0 unspecified atom stereocenters. The summed E-state index contributed by atoms with van der Waals surface area (Å²) in [5, 5.41) is 3.41. The number of rotatable bonds is 8. The second-order valence-corrected chi connectivity index (χ2v) is 11.0. The molecule has 5 nitrogen and oxygen atoms in total. The molecular formula is C28H30BrNO4S.